The lowest BCUT2D eigenvalue weighted by molar-refractivity contribution is 0.280. The van der Waals surface area contributed by atoms with Gasteiger partial charge in [-0.25, -0.2) is 0 Å². The third kappa shape index (κ3) is 7.21. The van der Waals surface area contributed by atoms with Crippen molar-refractivity contribution in [2.45, 2.75) is 47.0 Å². The van der Waals surface area contributed by atoms with E-state index >= 15 is 0 Å². The van der Waals surface area contributed by atoms with Gasteiger partial charge in [-0.1, -0.05) is 39.3 Å². The predicted molar refractivity (Wildman–Crippen MR) is 73.4 cm³/mol. The molecule has 0 unspecified atom stereocenters. The standard InChI is InChI=1S/C13H29N3O/c1-11(2)10-16(5)9-7-6-8-13(3,4)12(14)15-17/h11,17H,6-10H2,1-5H3,(H2,14,15). The van der Waals surface area contributed by atoms with Gasteiger partial charge >= 0.3 is 0 Å². The lowest BCUT2D eigenvalue weighted by atomic mass is 9.86. The number of oxime groups is 1. The maximum atomic E-state index is 8.67. The first-order valence-electron chi connectivity index (χ1n) is 6.46. The van der Waals surface area contributed by atoms with Crippen molar-refractivity contribution in [1.82, 2.24) is 4.90 Å². The van der Waals surface area contributed by atoms with E-state index in [4.69, 9.17) is 10.9 Å². The van der Waals surface area contributed by atoms with Gasteiger partial charge in [0, 0.05) is 12.0 Å². The molecule has 0 aromatic carbocycles. The average Bonchev–Trinajstić information content (AvgIpc) is 2.22. The van der Waals surface area contributed by atoms with Crippen LogP contribution in [0, 0.1) is 11.3 Å². The van der Waals surface area contributed by atoms with Gasteiger partial charge in [0.05, 0.1) is 0 Å². The van der Waals surface area contributed by atoms with E-state index in [9.17, 15) is 0 Å². The largest absolute Gasteiger partial charge is 0.409 e. The van der Waals surface area contributed by atoms with E-state index in [0.29, 0.717) is 11.8 Å². The summed E-state index contributed by atoms with van der Waals surface area (Å²) in [5, 5.41) is 11.8. The topological polar surface area (TPSA) is 61.8 Å². The molecule has 4 heteroatoms. The van der Waals surface area contributed by atoms with Crippen LogP contribution in [0.15, 0.2) is 5.16 Å². The molecule has 4 nitrogen and oxygen atoms in total. The maximum absolute atomic E-state index is 8.67. The van der Waals surface area contributed by atoms with Gasteiger partial charge in [0.1, 0.15) is 5.84 Å². The van der Waals surface area contributed by atoms with Crippen molar-refractivity contribution in [2.24, 2.45) is 22.2 Å². The lowest BCUT2D eigenvalue weighted by Gasteiger charge is -2.24. The SMILES string of the molecule is CC(C)CN(C)CCCCC(C)(C)C(N)=NO. The molecule has 0 bridgehead atoms. The van der Waals surface area contributed by atoms with Crippen LogP contribution in [-0.2, 0) is 0 Å². The van der Waals surface area contributed by atoms with Gasteiger partial charge in [-0.3, -0.25) is 0 Å². The van der Waals surface area contributed by atoms with Crippen molar-refractivity contribution in [3.05, 3.63) is 0 Å². The number of hydrogen-bond donors (Lipinski definition) is 2. The summed E-state index contributed by atoms with van der Waals surface area (Å²) in [5.41, 5.74) is 5.45. The summed E-state index contributed by atoms with van der Waals surface area (Å²) in [5.74, 6) is 1.04. The summed E-state index contributed by atoms with van der Waals surface area (Å²) < 4.78 is 0. The second kappa shape index (κ2) is 7.54. The van der Waals surface area contributed by atoms with Gasteiger partial charge in [-0.05, 0) is 32.4 Å². The Balaban J connectivity index is 3.78. The van der Waals surface area contributed by atoms with Crippen LogP contribution >= 0.6 is 0 Å². The molecule has 0 saturated carbocycles. The third-order valence-electron chi connectivity index (χ3n) is 3.07. The molecule has 0 atom stereocenters. The van der Waals surface area contributed by atoms with Crippen LogP contribution in [0.5, 0.6) is 0 Å². The Morgan fingerprint density at radius 2 is 1.94 bits per heavy atom. The van der Waals surface area contributed by atoms with Crippen LogP contribution in [0.1, 0.15) is 47.0 Å². The smallest absolute Gasteiger partial charge is 0.144 e. The molecule has 0 amide bonds. The molecule has 0 aliphatic carbocycles. The predicted octanol–water partition coefficient (Wildman–Crippen LogP) is 2.52. The van der Waals surface area contributed by atoms with Gasteiger partial charge in [0.15, 0.2) is 0 Å². The summed E-state index contributed by atoms with van der Waals surface area (Å²) in [6.45, 7) is 10.8. The highest BCUT2D eigenvalue weighted by molar-refractivity contribution is 5.85. The molecular formula is C13H29N3O. The first kappa shape index (κ1) is 16.2. The van der Waals surface area contributed by atoms with Crippen LogP contribution in [-0.4, -0.2) is 36.1 Å². The molecule has 0 aromatic heterocycles. The number of nitrogens with zero attached hydrogens (tertiary/aromatic N) is 2. The lowest BCUT2D eigenvalue weighted by Crippen LogP contribution is -2.32. The van der Waals surface area contributed by atoms with Gasteiger partial charge in [0.2, 0.25) is 0 Å². The Kier molecular flexibility index (Phi) is 7.19. The Labute approximate surface area is 106 Å². The monoisotopic (exact) mass is 243 g/mol. The Morgan fingerprint density at radius 3 is 2.41 bits per heavy atom. The number of nitrogens with two attached hydrogens (primary N) is 1. The zero-order valence-electron chi connectivity index (χ0n) is 12.0. The van der Waals surface area contributed by atoms with E-state index in [1.165, 1.54) is 0 Å². The molecule has 0 heterocycles. The van der Waals surface area contributed by atoms with Gasteiger partial charge in [0.25, 0.3) is 0 Å². The van der Waals surface area contributed by atoms with Crippen LogP contribution in [0.3, 0.4) is 0 Å². The van der Waals surface area contributed by atoms with Crippen molar-refractivity contribution < 1.29 is 5.21 Å². The molecule has 0 spiro atoms. The maximum Gasteiger partial charge on any atom is 0.144 e. The van der Waals surface area contributed by atoms with E-state index in [-0.39, 0.29) is 5.41 Å². The highest BCUT2D eigenvalue weighted by Crippen LogP contribution is 2.23. The van der Waals surface area contributed by atoms with Crippen LogP contribution in [0.2, 0.25) is 0 Å². The van der Waals surface area contributed by atoms with E-state index in [1.807, 2.05) is 13.8 Å². The summed E-state index contributed by atoms with van der Waals surface area (Å²) in [7, 11) is 2.16. The first-order valence-corrected chi connectivity index (χ1v) is 6.46. The molecule has 0 fully saturated rings. The van der Waals surface area contributed by atoms with Crippen molar-refractivity contribution in [2.75, 3.05) is 20.1 Å². The molecule has 0 aromatic rings. The van der Waals surface area contributed by atoms with E-state index in [0.717, 1.165) is 32.4 Å². The second-order valence-electron chi connectivity index (χ2n) is 5.98. The van der Waals surface area contributed by atoms with Gasteiger partial charge < -0.3 is 15.8 Å². The Morgan fingerprint density at radius 1 is 1.35 bits per heavy atom. The van der Waals surface area contributed by atoms with Crippen LogP contribution < -0.4 is 5.73 Å². The summed E-state index contributed by atoms with van der Waals surface area (Å²) in [6, 6.07) is 0. The normalized spacial score (nSPS) is 13.7. The first-order chi connectivity index (χ1) is 7.79. The minimum Gasteiger partial charge on any atom is -0.409 e. The number of amidine groups is 1. The van der Waals surface area contributed by atoms with E-state index in [1.54, 1.807) is 0 Å². The van der Waals surface area contributed by atoms with Gasteiger partial charge in [-0.15, -0.1) is 0 Å². The molecule has 0 aliphatic heterocycles. The molecule has 0 rings (SSSR count). The van der Waals surface area contributed by atoms with Crippen molar-refractivity contribution in [3.8, 4) is 0 Å². The third-order valence-corrected chi connectivity index (χ3v) is 3.07. The fourth-order valence-electron chi connectivity index (χ4n) is 1.93. The second-order valence-corrected chi connectivity index (χ2v) is 5.98. The molecule has 3 N–H and O–H groups in total. The Hall–Kier alpha value is -0.770. The highest BCUT2D eigenvalue weighted by Gasteiger charge is 2.22. The number of rotatable bonds is 8. The molecule has 0 radical (unpaired) electrons. The van der Waals surface area contributed by atoms with E-state index < -0.39 is 0 Å². The fraction of sp³-hybridized carbons (Fsp3) is 0.923. The summed E-state index contributed by atoms with van der Waals surface area (Å²) in [6.07, 6.45) is 3.22. The minimum atomic E-state index is -0.203. The summed E-state index contributed by atoms with van der Waals surface area (Å²) >= 11 is 0. The number of hydrogen-bond acceptors (Lipinski definition) is 3. The zero-order valence-corrected chi connectivity index (χ0v) is 12.0. The van der Waals surface area contributed by atoms with Crippen molar-refractivity contribution in [3.63, 3.8) is 0 Å². The highest BCUT2D eigenvalue weighted by atomic mass is 16.4. The quantitative estimate of drug-likeness (QED) is 0.226. The van der Waals surface area contributed by atoms with Gasteiger partial charge in [-0.2, -0.15) is 0 Å². The molecular weight excluding hydrogens is 214 g/mol. The average molecular weight is 243 g/mol. The van der Waals surface area contributed by atoms with E-state index in [2.05, 4.69) is 31.0 Å². The molecule has 102 valence electrons. The summed E-state index contributed by atoms with van der Waals surface area (Å²) in [4.78, 5) is 2.36. The number of unbranched alkanes of at least 4 members (excludes halogenated alkanes) is 1. The molecule has 0 saturated heterocycles. The van der Waals surface area contributed by atoms with Crippen LogP contribution in [0.4, 0.5) is 0 Å². The Bertz CT molecular complexity index is 237. The zero-order chi connectivity index (χ0) is 13.5. The van der Waals surface area contributed by atoms with Crippen molar-refractivity contribution in [1.29, 1.82) is 0 Å². The minimum absolute atomic E-state index is 0.203. The van der Waals surface area contributed by atoms with Crippen molar-refractivity contribution >= 4 is 5.84 Å². The molecule has 0 aliphatic rings. The molecule has 17 heavy (non-hydrogen) atoms. The fourth-order valence-corrected chi connectivity index (χ4v) is 1.93. The van der Waals surface area contributed by atoms with Crippen LogP contribution in [0.25, 0.3) is 0 Å².